The van der Waals surface area contributed by atoms with Crippen LogP contribution in [0.2, 0.25) is 10.0 Å². The monoisotopic (exact) mass is 482 g/mol. The van der Waals surface area contributed by atoms with Gasteiger partial charge < -0.3 is 4.74 Å². The molecule has 1 atom stereocenters. The number of nitrogens with zero attached hydrogens (tertiary/aromatic N) is 1. The van der Waals surface area contributed by atoms with Crippen LogP contribution < -0.4 is 9.46 Å². The van der Waals surface area contributed by atoms with E-state index in [2.05, 4.69) is 9.62 Å². The Morgan fingerprint density at radius 1 is 1.26 bits per heavy atom. The van der Waals surface area contributed by atoms with Gasteiger partial charge in [-0.25, -0.2) is 4.39 Å². The van der Waals surface area contributed by atoms with E-state index in [9.17, 15) is 9.18 Å². The lowest BCUT2D eigenvalue weighted by molar-refractivity contribution is 0.0832. The fourth-order valence-corrected chi connectivity index (χ4v) is 4.80. The topological polar surface area (TPSA) is 41.6 Å². The van der Waals surface area contributed by atoms with Gasteiger partial charge in [0.15, 0.2) is 0 Å². The summed E-state index contributed by atoms with van der Waals surface area (Å²) in [7, 11) is 0. The van der Waals surface area contributed by atoms with Crippen LogP contribution in [0.15, 0.2) is 30.3 Å². The van der Waals surface area contributed by atoms with Gasteiger partial charge >= 0.3 is 0 Å². The molecule has 1 N–H and O–H groups in total. The van der Waals surface area contributed by atoms with Crippen LogP contribution >= 0.6 is 35.1 Å². The minimum absolute atomic E-state index is 0.0393. The smallest absolute Gasteiger partial charge is 0.264 e. The molecule has 2 aliphatic rings. The molecule has 0 spiro atoms. The Kier molecular flexibility index (Phi) is 7.32. The number of hydrogen-bond donors (Lipinski definition) is 1. The number of piperidine rings is 1. The number of hydrogen-bond acceptors (Lipinski definition) is 4. The molecule has 1 saturated heterocycles. The van der Waals surface area contributed by atoms with Crippen molar-refractivity contribution in [2.45, 2.75) is 44.2 Å². The molecule has 4 nitrogen and oxygen atoms in total. The highest BCUT2D eigenvalue weighted by atomic mass is 35.5. The second-order valence-electron chi connectivity index (χ2n) is 8.13. The summed E-state index contributed by atoms with van der Waals surface area (Å²) >= 11 is 13.5. The van der Waals surface area contributed by atoms with Gasteiger partial charge in [0.05, 0.1) is 5.56 Å². The molecule has 2 aromatic rings. The van der Waals surface area contributed by atoms with E-state index >= 15 is 0 Å². The van der Waals surface area contributed by atoms with Gasteiger partial charge in [-0.1, -0.05) is 41.2 Å². The third-order valence-electron chi connectivity index (χ3n) is 5.72. The fourth-order valence-electron chi connectivity index (χ4n) is 4.03. The molecule has 1 saturated carbocycles. The average molecular weight is 483 g/mol. The van der Waals surface area contributed by atoms with Crippen molar-refractivity contribution >= 4 is 41.1 Å². The van der Waals surface area contributed by atoms with E-state index in [-0.39, 0.29) is 11.7 Å². The summed E-state index contributed by atoms with van der Waals surface area (Å²) in [6, 6.07) is 8.61. The lowest BCUT2D eigenvalue weighted by Crippen LogP contribution is -2.40. The van der Waals surface area contributed by atoms with Crippen molar-refractivity contribution < 1.29 is 13.9 Å². The Hall–Kier alpha value is -1.47. The van der Waals surface area contributed by atoms with E-state index in [0.717, 1.165) is 61.8 Å². The van der Waals surface area contributed by atoms with Crippen LogP contribution in [-0.4, -0.2) is 36.3 Å². The van der Waals surface area contributed by atoms with Gasteiger partial charge in [-0.15, -0.1) is 0 Å². The van der Waals surface area contributed by atoms with Gasteiger partial charge in [0.2, 0.25) is 0 Å². The molecule has 2 aromatic carbocycles. The first-order chi connectivity index (χ1) is 14.9. The quantitative estimate of drug-likeness (QED) is 0.486. The first-order valence-electron chi connectivity index (χ1n) is 10.4. The molecule has 166 valence electrons. The molecule has 0 bridgehead atoms. The minimum atomic E-state index is -0.549. The third-order valence-corrected chi connectivity index (χ3v) is 6.70. The van der Waals surface area contributed by atoms with Crippen molar-refractivity contribution in [2.24, 2.45) is 0 Å². The van der Waals surface area contributed by atoms with Crippen molar-refractivity contribution in [1.29, 1.82) is 0 Å². The molecule has 0 radical (unpaired) electrons. The van der Waals surface area contributed by atoms with Crippen molar-refractivity contribution in [3.8, 4) is 5.75 Å². The number of carbonyl (C=O) groups is 1. The van der Waals surface area contributed by atoms with E-state index in [1.807, 2.05) is 12.1 Å². The van der Waals surface area contributed by atoms with Gasteiger partial charge in [-0.05, 0) is 67.5 Å². The van der Waals surface area contributed by atoms with Crippen LogP contribution in [0.5, 0.6) is 5.75 Å². The van der Waals surface area contributed by atoms with E-state index in [1.165, 1.54) is 6.07 Å². The minimum Gasteiger partial charge on any atom is -0.489 e. The Morgan fingerprint density at radius 3 is 2.77 bits per heavy atom. The number of rotatable bonds is 7. The molecule has 0 unspecified atom stereocenters. The van der Waals surface area contributed by atoms with Crippen molar-refractivity contribution in [3.63, 3.8) is 0 Å². The fraction of sp³-hybridized carbons (Fsp3) is 0.435. The third kappa shape index (κ3) is 5.67. The maximum atomic E-state index is 14.7. The number of amides is 1. The summed E-state index contributed by atoms with van der Waals surface area (Å²) in [5, 5.41) is 1.28. The Bertz CT molecular complexity index is 971. The summed E-state index contributed by atoms with van der Waals surface area (Å²) in [6.45, 7) is 2.41. The van der Waals surface area contributed by atoms with Gasteiger partial charge in [0.1, 0.15) is 17.7 Å². The highest BCUT2D eigenvalue weighted by molar-refractivity contribution is 7.97. The maximum absolute atomic E-state index is 14.7. The summed E-state index contributed by atoms with van der Waals surface area (Å²) in [5.41, 5.74) is 2.04. The number of nitrogens with one attached hydrogen (secondary N) is 1. The van der Waals surface area contributed by atoms with Crippen LogP contribution in [-0.2, 0) is 6.54 Å². The molecular weight excluding hydrogens is 458 g/mol. The largest absolute Gasteiger partial charge is 0.489 e. The molecule has 1 aliphatic heterocycles. The Balaban J connectivity index is 1.48. The number of carbonyl (C=O) groups excluding carboxylic acids is 1. The molecule has 1 aliphatic carbocycles. The summed E-state index contributed by atoms with van der Waals surface area (Å²) in [4.78, 5) is 14.5. The van der Waals surface area contributed by atoms with E-state index < -0.39 is 11.7 Å². The SMILES string of the molecule is CSNC(=O)c1cc(C2CC2)c(O[C@@H]2CCCN(Cc3ccc(Cl)cc3Cl)C2)cc1F. The average Bonchev–Trinajstić information content (AvgIpc) is 3.56. The van der Waals surface area contributed by atoms with Gasteiger partial charge in [-0.3, -0.25) is 14.4 Å². The molecule has 4 rings (SSSR count). The van der Waals surface area contributed by atoms with E-state index in [4.69, 9.17) is 27.9 Å². The van der Waals surface area contributed by atoms with E-state index in [0.29, 0.717) is 28.3 Å². The second kappa shape index (κ2) is 9.99. The molecule has 31 heavy (non-hydrogen) atoms. The number of halogens is 3. The summed E-state index contributed by atoms with van der Waals surface area (Å²) in [5.74, 6) is -0.0604. The van der Waals surface area contributed by atoms with Gasteiger partial charge in [0.25, 0.3) is 5.91 Å². The van der Waals surface area contributed by atoms with E-state index in [1.54, 1.807) is 18.4 Å². The number of benzene rings is 2. The van der Waals surface area contributed by atoms with Crippen LogP contribution in [0.4, 0.5) is 4.39 Å². The zero-order valence-corrected chi connectivity index (χ0v) is 19.6. The van der Waals surface area contributed by atoms with Crippen LogP contribution in [0, 0.1) is 5.82 Å². The second-order valence-corrected chi connectivity index (χ2v) is 9.59. The normalized spacial score (nSPS) is 19.3. The Morgan fingerprint density at radius 2 is 2.06 bits per heavy atom. The number of ether oxygens (including phenoxy) is 1. The molecule has 1 amide bonds. The van der Waals surface area contributed by atoms with Crippen molar-refractivity contribution in [2.75, 3.05) is 19.3 Å². The van der Waals surface area contributed by atoms with Gasteiger partial charge in [0, 0.05) is 35.5 Å². The van der Waals surface area contributed by atoms with Crippen molar-refractivity contribution in [1.82, 2.24) is 9.62 Å². The van der Waals surface area contributed by atoms with Crippen molar-refractivity contribution in [3.05, 3.63) is 62.9 Å². The predicted molar refractivity (Wildman–Crippen MR) is 125 cm³/mol. The zero-order valence-electron chi connectivity index (χ0n) is 17.3. The highest BCUT2D eigenvalue weighted by Crippen LogP contribution is 2.45. The standard InChI is InChI=1S/C23H25Cl2FN2O2S/c1-31-27-23(29)19-10-18(14-4-5-14)22(11-21(19)26)30-17-3-2-8-28(13-17)12-15-6-7-16(24)9-20(15)25/h6-7,9-11,14,17H,2-5,8,12-13H2,1H3,(H,27,29)/t17-/m1/s1. The summed E-state index contributed by atoms with van der Waals surface area (Å²) in [6.07, 6.45) is 5.68. The molecule has 8 heteroatoms. The van der Waals surface area contributed by atoms with Gasteiger partial charge in [-0.2, -0.15) is 0 Å². The first kappa shape index (κ1) is 22.7. The molecule has 2 fully saturated rings. The van der Waals surface area contributed by atoms with Crippen LogP contribution in [0.25, 0.3) is 0 Å². The van der Waals surface area contributed by atoms with Crippen LogP contribution in [0.1, 0.15) is 53.1 Å². The lowest BCUT2D eigenvalue weighted by Gasteiger charge is -2.33. The van der Waals surface area contributed by atoms with Crippen LogP contribution in [0.3, 0.4) is 0 Å². The number of likely N-dealkylation sites (tertiary alicyclic amines) is 1. The Labute approximate surface area is 196 Å². The molecular formula is C23H25Cl2FN2O2S. The first-order valence-corrected chi connectivity index (χ1v) is 12.4. The molecule has 0 aromatic heterocycles. The molecule has 1 heterocycles. The summed E-state index contributed by atoms with van der Waals surface area (Å²) < 4.78 is 23.6. The maximum Gasteiger partial charge on any atom is 0.264 e. The zero-order chi connectivity index (χ0) is 22.0. The lowest BCUT2D eigenvalue weighted by atomic mass is 10.0. The highest BCUT2D eigenvalue weighted by Gasteiger charge is 2.31. The predicted octanol–water partition coefficient (Wildman–Crippen LogP) is 6.06.